The summed E-state index contributed by atoms with van der Waals surface area (Å²) in [6.07, 6.45) is 0. The SMILES string of the molecule is CC(=O)Oc1cc(-c2nc3cc(Cl)ccc3c(=O)o2)cc(OC(C)=O)c1OC(C)=O.CC(=O)Oc1cc(-c2nc3ccc(C(C)=O)cc3c(=O)o2)cc(OC(C)=O)c1OC(C)=O.CC(=O)Oc1ccc(-c2nc3ccc(C(C)(C)C)cc3c(=O)o2)cc1OC(C)=O.CC(=O)Oc1ccc(-c2nc3ccccc3c(=O)o2)cc1C.CCOc1ccc2nc(-c3cc(OC(C)=O)c(OC(C)=O)c(OC(C)=O)c3)oc(=O)c2c1. The van der Waals surface area contributed by atoms with Crippen molar-refractivity contribution in [3.8, 4) is 132 Å². The Kier molecular flexibility index (Phi) is 34.1. The van der Waals surface area contributed by atoms with Gasteiger partial charge in [-0.25, -0.2) is 48.9 Å². The Morgan fingerprint density at radius 3 is 0.966 bits per heavy atom. The van der Waals surface area contributed by atoms with Crippen molar-refractivity contribution in [2.75, 3.05) is 6.61 Å². The summed E-state index contributed by atoms with van der Waals surface area (Å²) in [5, 5.41) is 1.70. The molecule has 0 aliphatic rings. The number of carbonyl (C=O) groups excluding carboxylic acids is 13. The standard InChI is InChI=1S/C22H17NO9.C22H19NO9.C22H21NO6.C20H14ClNO8.C17H13NO4/c1-10(24)14-5-6-17-16(7-14)22(28)32-21(23-17)15-8-18(29-11(2)25)20(31-13(4)27)19(9-15)30-12(3)26;1-5-28-15-6-7-17-16(10-15)22(27)32-21(23-17)14-8-18(29-11(2)24)20(31-13(4)26)19(9-14)30-12(3)25;1-12(24)27-18-9-6-14(10-19(18)28-13(2)25)20-23-17-8-7-15(22(3,4)5)11-16(17)21(26)29-20;1-9(23)27-16-6-12(7-17(28-10(2)24)18(16)29-11(3)25)19-22-15-8-13(21)4-5-14(15)20(26)30-19;1-10-9-12(7-8-15(10)21-11(2)19)16-18-14-6-4-3-5-13(14)17(20)22-16/h5-9H,1-4H3;6-10H,5H2,1-4H3;6-11H,1-5H3;4-8H,1-3H3;3-9H,1-2H3. The van der Waals surface area contributed by atoms with Crippen LogP contribution in [0.15, 0.2) is 216 Å². The van der Waals surface area contributed by atoms with Gasteiger partial charge in [-0.3, -0.25) is 62.3 Å². The zero-order chi connectivity index (χ0) is 106. The fourth-order valence-corrected chi connectivity index (χ4v) is 13.4. The zero-order valence-electron chi connectivity index (χ0n) is 80.2. The first-order valence-electron chi connectivity index (χ1n) is 43.0. The molecule has 10 aromatic carbocycles. The van der Waals surface area contributed by atoms with E-state index in [1.807, 2.05) is 19.1 Å². The number of ketones is 1. The van der Waals surface area contributed by atoms with Gasteiger partial charge < -0.3 is 83.7 Å². The van der Waals surface area contributed by atoms with Crippen LogP contribution in [0.1, 0.15) is 139 Å². The first-order valence-corrected chi connectivity index (χ1v) is 43.3. The largest absolute Gasteiger partial charge is 0.494 e. The lowest BCUT2D eigenvalue weighted by Crippen LogP contribution is -2.12. The summed E-state index contributed by atoms with van der Waals surface area (Å²) in [6, 6.07) is 43.2. The van der Waals surface area contributed by atoms with Gasteiger partial charge in [-0.15, -0.1) is 0 Å². The number of halogens is 1. The minimum Gasteiger partial charge on any atom is -0.494 e. The first kappa shape index (κ1) is 107. The number of rotatable bonds is 20. The number of aryl methyl sites for hydroxylation is 1. The number of aromatic nitrogens is 5. The van der Waals surface area contributed by atoms with Gasteiger partial charge in [-0.05, 0) is 189 Å². The smallest absolute Gasteiger partial charge is 0.347 e. The van der Waals surface area contributed by atoms with Crippen LogP contribution in [0.2, 0.25) is 5.02 Å². The monoisotopic (exact) mass is 2000 g/mol. The van der Waals surface area contributed by atoms with Gasteiger partial charge in [0.05, 0.1) is 61.1 Å². The molecular formula is C103H84ClN5O36. The van der Waals surface area contributed by atoms with Crippen LogP contribution in [0.3, 0.4) is 0 Å². The quantitative estimate of drug-likeness (QED) is 0.0388. The first-order chi connectivity index (χ1) is 68.4. The van der Waals surface area contributed by atoms with Crippen LogP contribution in [0.25, 0.3) is 112 Å². The lowest BCUT2D eigenvalue weighted by Gasteiger charge is -2.19. The third-order valence-corrected chi connectivity index (χ3v) is 19.2. The molecule has 0 spiro atoms. The molecule has 15 aromatic rings. The van der Waals surface area contributed by atoms with Gasteiger partial charge in [-0.2, -0.15) is 0 Å². The van der Waals surface area contributed by atoms with E-state index in [0.29, 0.717) is 67.1 Å². The number of hydrogen-bond acceptors (Lipinski definition) is 41. The molecule has 0 saturated heterocycles. The maximum absolute atomic E-state index is 12.6. The van der Waals surface area contributed by atoms with Gasteiger partial charge >= 0.3 is 99.8 Å². The lowest BCUT2D eigenvalue weighted by molar-refractivity contribution is -0.135. The van der Waals surface area contributed by atoms with Crippen LogP contribution < -0.4 is 89.7 Å². The van der Waals surface area contributed by atoms with Crippen LogP contribution >= 0.6 is 11.6 Å². The van der Waals surface area contributed by atoms with E-state index in [0.717, 1.165) is 73.4 Å². The molecule has 744 valence electrons. The van der Waals surface area contributed by atoms with Gasteiger partial charge in [-0.1, -0.05) is 50.6 Å². The fourth-order valence-electron chi connectivity index (χ4n) is 13.2. The third-order valence-electron chi connectivity index (χ3n) is 19.0. The Morgan fingerprint density at radius 1 is 0.283 bits per heavy atom. The number of nitrogens with zero attached hydrogens (tertiary/aromatic N) is 5. The Hall–Kier alpha value is -18.7. The Balaban J connectivity index is 0.000000173. The molecule has 15 rings (SSSR count). The zero-order valence-corrected chi connectivity index (χ0v) is 80.9. The van der Waals surface area contributed by atoms with Crippen molar-refractivity contribution >= 4 is 144 Å². The van der Waals surface area contributed by atoms with E-state index in [1.165, 1.54) is 119 Å². The molecule has 0 radical (unpaired) electrons. The second kappa shape index (κ2) is 46.4. The number of fused-ring (bicyclic) bond motifs is 5. The van der Waals surface area contributed by atoms with E-state index in [9.17, 15) is 86.3 Å². The van der Waals surface area contributed by atoms with E-state index in [-0.39, 0.29) is 154 Å². The molecule has 5 heterocycles. The number of carbonyl (C=O) groups is 13. The van der Waals surface area contributed by atoms with Crippen molar-refractivity contribution in [2.24, 2.45) is 0 Å². The third kappa shape index (κ3) is 28.3. The predicted molar refractivity (Wildman–Crippen MR) is 514 cm³/mol. The number of hydrogen-bond donors (Lipinski definition) is 0. The van der Waals surface area contributed by atoms with Gasteiger partial charge in [0.1, 0.15) is 11.5 Å². The molecule has 42 heteroatoms. The summed E-state index contributed by atoms with van der Waals surface area (Å²) in [7, 11) is 0. The molecule has 0 unspecified atom stereocenters. The van der Waals surface area contributed by atoms with Crippen LogP contribution in [0.4, 0.5) is 0 Å². The average molecular weight is 2000 g/mol. The highest BCUT2D eigenvalue weighted by Gasteiger charge is 2.29. The van der Waals surface area contributed by atoms with Gasteiger partial charge in [0.2, 0.25) is 46.7 Å². The normalized spacial score (nSPS) is 10.7. The molecule has 0 amide bonds. The van der Waals surface area contributed by atoms with Crippen molar-refractivity contribution < 1.29 is 146 Å². The number of para-hydroxylation sites is 1. The predicted octanol–water partition coefficient (Wildman–Crippen LogP) is 16.2. The molecule has 0 bridgehead atoms. The number of Topliss-reactive ketones (excluding diaryl/α,β-unsaturated/α-hetero) is 1. The topological polar surface area (TPSA) is 557 Å². The maximum atomic E-state index is 12.6. The van der Waals surface area contributed by atoms with Gasteiger partial charge in [0.25, 0.3) is 0 Å². The summed E-state index contributed by atoms with van der Waals surface area (Å²) in [4.78, 5) is 233. The minimum atomic E-state index is -0.764. The number of benzene rings is 10. The summed E-state index contributed by atoms with van der Waals surface area (Å²) >= 11 is 5.97. The highest BCUT2D eigenvalue weighted by Crippen LogP contribution is 2.46. The molecule has 0 fully saturated rings. The minimum absolute atomic E-state index is 0.0258. The fraction of sp³-hybridized carbons (Fsp3) is 0.194. The van der Waals surface area contributed by atoms with Crippen molar-refractivity contribution in [1.82, 2.24) is 24.9 Å². The molecule has 0 aliphatic carbocycles. The summed E-state index contributed by atoms with van der Waals surface area (Å²) < 4.78 is 93.0. The molecule has 0 saturated carbocycles. The van der Waals surface area contributed by atoms with Crippen LogP contribution in [0, 0.1) is 6.92 Å². The molecule has 0 atom stereocenters. The van der Waals surface area contributed by atoms with Crippen LogP contribution in [-0.4, -0.2) is 109 Å². The number of esters is 12. The maximum Gasteiger partial charge on any atom is 0.347 e. The van der Waals surface area contributed by atoms with E-state index >= 15 is 0 Å². The molecular weight excluding hydrogens is 1920 g/mol. The van der Waals surface area contributed by atoms with E-state index in [1.54, 1.807) is 73.7 Å². The molecule has 0 aliphatic heterocycles. The van der Waals surface area contributed by atoms with E-state index < -0.39 is 93.8 Å². The van der Waals surface area contributed by atoms with Gasteiger partial charge in [0.15, 0.2) is 51.8 Å². The molecule has 145 heavy (non-hydrogen) atoms. The Morgan fingerprint density at radius 2 is 0.586 bits per heavy atom. The van der Waals surface area contributed by atoms with Crippen molar-refractivity contribution in [3.63, 3.8) is 0 Å². The second-order valence-corrected chi connectivity index (χ2v) is 32.2. The van der Waals surface area contributed by atoms with E-state index in [2.05, 4.69) is 45.7 Å². The Labute approximate surface area is 822 Å². The van der Waals surface area contributed by atoms with Gasteiger partial charge in [0, 0.05) is 121 Å². The molecule has 0 N–H and O–H groups in total. The molecule has 5 aromatic heterocycles. The Bertz CT molecular complexity index is 8030. The molecule has 41 nitrogen and oxygen atoms in total. The lowest BCUT2D eigenvalue weighted by atomic mass is 9.86. The van der Waals surface area contributed by atoms with Crippen molar-refractivity contribution in [1.29, 1.82) is 0 Å². The summed E-state index contributed by atoms with van der Waals surface area (Å²) in [5.74, 6) is -9.78. The average Bonchev–Trinajstić information content (AvgIpc) is 0.776. The summed E-state index contributed by atoms with van der Waals surface area (Å²) in [6.45, 7) is 25.5. The highest BCUT2D eigenvalue weighted by atomic mass is 35.5. The second-order valence-electron chi connectivity index (χ2n) is 31.8. The van der Waals surface area contributed by atoms with Crippen LogP contribution in [0.5, 0.6) is 74.7 Å². The van der Waals surface area contributed by atoms with Crippen LogP contribution in [-0.2, 0) is 62.9 Å². The number of ether oxygens (including phenoxy) is 13. The van der Waals surface area contributed by atoms with E-state index in [4.69, 9.17) is 95.3 Å². The van der Waals surface area contributed by atoms with Crippen molar-refractivity contribution in [2.45, 2.75) is 130 Å². The highest BCUT2D eigenvalue weighted by molar-refractivity contribution is 6.31. The van der Waals surface area contributed by atoms with Crippen molar-refractivity contribution in [3.05, 3.63) is 244 Å². The summed E-state index contributed by atoms with van der Waals surface area (Å²) in [5.41, 5.74) is 2.19.